The quantitative estimate of drug-likeness (QED) is 0.842. The number of nitrogens with zero attached hydrogens (tertiary/aromatic N) is 3. The summed E-state index contributed by atoms with van der Waals surface area (Å²) in [5.74, 6) is -0.762. The number of carboxylic acid groups (broad SMARTS) is 1. The van der Waals surface area contributed by atoms with Crippen molar-refractivity contribution < 1.29 is 14.7 Å². The topological polar surface area (TPSA) is 64.1 Å². The molecule has 2 heterocycles. The van der Waals surface area contributed by atoms with Gasteiger partial charge >= 0.3 is 12.0 Å². The summed E-state index contributed by atoms with van der Waals surface area (Å²) in [7, 11) is 0. The molecule has 2 saturated heterocycles. The highest BCUT2D eigenvalue weighted by atomic mass is 32.2. The molecule has 0 radical (unpaired) electrons. The highest BCUT2D eigenvalue weighted by Crippen LogP contribution is 2.25. The van der Waals surface area contributed by atoms with Gasteiger partial charge in [0.15, 0.2) is 0 Å². The molecule has 0 saturated carbocycles. The highest BCUT2D eigenvalue weighted by Gasteiger charge is 2.30. The number of thioether (sulfide) groups is 1. The summed E-state index contributed by atoms with van der Waals surface area (Å²) in [6.45, 7) is 9.51. The van der Waals surface area contributed by atoms with Gasteiger partial charge in [0.2, 0.25) is 0 Å². The van der Waals surface area contributed by atoms with Crippen molar-refractivity contribution in [2.24, 2.45) is 0 Å². The van der Waals surface area contributed by atoms with Crippen molar-refractivity contribution in [2.75, 3.05) is 45.8 Å². The molecule has 0 spiro atoms. The smallest absolute Gasteiger partial charge is 0.320 e. The Labute approximate surface area is 130 Å². The molecule has 0 aromatic carbocycles. The molecule has 0 bridgehead atoms. The van der Waals surface area contributed by atoms with Crippen molar-refractivity contribution in [3.8, 4) is 0 Å². The number of carbonyl (C=O) groups is 2. The van der Waals surface area contributed by atoms with Gasteiger partial charge in [-0.15, -0.1) is 0 Å². The molecule has 1 N–H and O–H groups in total. The van der Waals surface area contributed by atoms with Crippen LogP contribution in [0, 0.1) is 0 Å². The predicted molar refractivity (Wildman–Crippen MR) is 83.7 cm³/mol. The average molecular weight is 315 g/mol. The van der Waals surface area contributed by atoms with E-state index in [1.165, 1.54) is 0 Å². The van der Waals surface area contributed by atoms with Crippen LogP contribution in [0.3, 0.4) is 0 Å². The van der Waals surface area contributed by atoms with E-state index >= 15 is 0 Å². The standard InChI is InChI=1S/C14H25N3O3S/c1-11-9-17(10-12(2)21-11)14(20)16-7-5-15(6-8-16)4-3-13(18)19/h11-12H,3-10H2,1-2H3,(H,18,19). The first-order valence-corrected chi connectivity index (χ1v) is 8.53. The fourth-order valence-corrected chi connectivity index (χ4v) is 4.28. The van der Waals surface area contributed by atoms with Crippen molar-refractivity contribution in [2.45, 2.75) is 30.8 Å². The van der Waals surface area contributed by atoms with Crippen molar-refractivity contribution in [1.82, 2.24) is 14.7 Å². The molecule has 2 fully saturated rings. The lowest BCUT2D eigenvalue weighted by molar-refractivity contribution is -0.137. The molecule has 0 aromatic heterocycles. The van der Waals surface area contributed by atoms with Crippen LogP contribution >= 0.6 is 11.8 Å². The van der Waals surface area contributed by atoms with E-state index in [4.69, 9.17) is 5.11 Å². The Morgan fingerprint density at radius 1 is 1.05 bits per heavy atom. The van der Waals surface area contributed by atoms with Crippen LogP contribution in [-0.2, 0) is 4.79 Å². The lowest BCUT2D eigenvalue weighted by Gasteiger charge is -2.40. The SMILES string of the molecule is CC1CN(C(=O)N2CCN(CCC(=O)O)CC2)CC(C)S1. The van der Waals surface area contributed by atoms with Crippen LogP contribution in [0.4, 0.5) is 4.79 Å². The maximum absolute atomic E-state index is 12.5. The van der Waals surface area contributed by atoms with Crippen LogP contribution in [0.15, 0.2) is 0 Å². The molecule has 2 rings (SSSR count). The number of carbonyl (C=O) groups excluding carboxylic acids is 1. The molecule has 2 aliphatic heterocycles. The number of amides is 2. The Kier molecular flexibility index (Phi) is 5.75. The van der Waals surface area contributed by atoms with Crippen molar-refractivity contribution >= 4 is 23.8 Å². The molecule has 2 atom stereocenters. The maximum Gasteiger partial charge on any atom is 0.320 e. The minimum Gasteiger partial charge on any atom is -0.481 e. The molecule has 7 heteroatoms. The molecule has 21 heavy (non-hydrogen) atoms. The van der Waals surface area contributed by atoms with E-state index in [0.717, 1.165) is 26.2 Å². The van der Waals surface area contributed by atoms with Crippen molar-refractivity contribution in [1.29, 1.82) is 0 Å². The lowest BCUT2D eigenvalue weighted by Crippen LogP contribution is -2.55. The molecular formula is C14H25N3O3S. The lowest BCUT2D eigenvalue weighted by atomic mass is 10.3. The van der Waals surface area contributed by atoms with Gasteiger partial charge in [0, 0.05) is 56.3 Å². The second-order valence-electron chi connectivity index (χ2n) is 5.92. The summed E-state index contributed by atoms with van der Waals surface area (Å²) in [6, 6.07) is 0.145. The molecule has 120 valence electrons. The largest absolute Gasteiger partial charge is 0.481 e. The van der Waals surface area contributed by atoms with Crippen LogP contribution in [0.2, 0.25) is 0 Å². The van der Waals surface area contributed by atoms with Crippen molar-refractivity contribution in [3.63, 3.8) is 0 Å². The van der Waals surface area contributed by atoms with E-state index in [1.54, 1.807) is 0 Å². The van der Waals surface area contributed by atoms with E-state index in [0.29, 0.717) is 30.1 Å². The van der Waals surface area contributed by atoms with E-state index in [9.17, 15) is 9.59 Å². The van der Waals surface area contributed by atoms with Gasteiger partial charge in [0.25, 0.3) is 0 Å². The van der Waals surface area contributed by atoms with E-state index in [-0.39, 0.29) is 12.5 Å². The van der Waals surface area contributed by atoms with Crippen LogP contribution in [0.1, 0.15) is 20.3 Å². The van der Waals surface area contributed by atoms with E-state index in [2.05, 4.69) is 18.7 Å². The third-order valence-electron chi connectivity index (χ3n) is 3.97. The monoisotopic (exact) mass is 315 g/mol. The molecule has 0 aliphatic carbocycles. The van der Waals surface area contributed by atoms with E-state index < -0.39 is 5.97 Å². The summed E-state index contributed by atoms with van der Waals surface area (Å²) >= 11 is 1.94. The maximum atomic E-state index is 12.5. The summed E-state index contributed by atoms with van der Waals surface area (Å²) in [5, 5.41) is 9.69. The Morgan fingerprint density at radius 2 is 1.62 bits per heavy atom. The first kappa shape index (κ1) is 16.4. The first-order chi connectivity index (χ1) is 9.95. The zero-order valence-corrected chi connectivity index (χ0v) is 13.6. The molecular weight excluding hydrogens is 290 g/mol. The van der Waals surface area contributed by atoms with Gasteiger partial charge in [-0.3, -0.25) is 9.69 Å². The van der Waals surface area contributed by atoms with Gasteiger partial charge in [-0.05, 0) is 0 Å². The fraction of sp³-hybridized carbons (Fsp3) is 0.857. The minimum atomic E-state index is -0.762. The van der Waals surface area contributed by atoms with Gasteiger partial charge in [0.05, 0.1) is 6.42 Å². The molecule has 2 aliphatic rings. The summed E-state index contributed by atoms with van der Waals surface area (Å²) in [4.78, 5) is 29.1. The fourth-order valence-electron chi connectivity index (χ4n) is 2.95. The number of carboxylic acids is 1. The second kappa shape index (κ2) is 7.35. The molecule has 0 aromatic rings. The number of piperazine rings is 1. The Morgan fingerprint density at radius 3 is 2.14 bits per heavy atom. The third-order valence-corrected chi connectivity index (χ3v) is 5.20. The molecule has 2 amide bonds. The normalized spacial score (nSPS) is 27.7. The van der Waals surface area contributed by atoms with Crippen LogP contribution in [0.5, 0.6) is 0 Å². The van der Waals surface area contributed by atoms with E-state index in [1.807, 2.05) is 21.6 Å². The van der Waals surface area contributed by atoms with Crippen LogP contribution in [-0.4, -0.2) is 88.1 Å². The van der Waals surface area contributed by atoms with Crippen molar-refractivity contribution in [3.05, 3.63) is 0 Å². The van der Waals surface area contributed by atoms with Gasteiger partial charge < -0.3 is 14.9 Å². The van der Waals surface area contributed by atoms with Gasteiger partial charge in [-0.2, -0.15) is 11.8 Å². The Hall–Kier alpha value is -0.950. The Bertz CT molecular complexity index is 376. The highest BCUT2D eigenvalue weighted by molar-refractivity contribution is 8.00. The number of urea groups is 1. The summed E-state index contributed by atoms with van der Waals surface area (Å²) in [6.07, 6.45) is 0.173. The summed E-state index contributed by atoms with van der Waals surface area (Å²) in [5.41, 5.74) is 0. The minimum absolute atomic E-state index is 0.145. The Balaban J connectivity index is 1.78. The zero-order valence-electron chi connectivity index (χ0n) is 12.8. The molecule has 2 unspecified atom stereocenters. The number of rotatable bonds is 3. The van der Waals surface area contributed by atoms with Crippen LogP contribution < -0.4 is 0 Å². The number of hydrogen-bond donors (Lipinski definition) is 1. The van der Waals surface area contributed by atoms with Gasteiger partial charge in [-0.1, -0.05) is 13.8 Å². The third kappa shape index (κ3) is 4.78. The van der Waals surface area contributed by atoms with Gasteiger partial charge in [-0.25, -0.2) is 4.79 Å². The number of hydrogen-bond acceptors (Lipinski definition) is 4. The van der Waals surface area contributed by atoms with Crippen LogP contribution in [0.25, 0.3) is 0 Å². The number of aliphatic carboxylic acids is 1. The zero-order chi connectivity index (χ0) is 15.4. The molecule has 6 nitrogen and oxygen atoms in total. The van der Waals surface area contributed by atoms with Gasteiger partial charge in [0.1, 0.15) is 0 Å². The second-order valence-corrected chi connectivity index (χ2v) is 7.80. The first-order valence-electron chi connectivity index (χ1n) is 7.59. The predicted octanol–water partition coefficient (Wildman–Crippen LogP) is 1.02. The average Bonchev–Trinajstić information content (AvgIpc) is 2.44. The summed E-state index contributed by atoms with van der Waals surface area (Å²) < 4.78 is 0.